The Kier molecular flexibility index (Phi) is 22.6. The fraction of sp³-hybridized carbons (Fsp3) is 1.00. The summed E-state index contributed by atoms with van der Waals surface area (Å²) in [6.07, 6.45) is -72.5. The van der Waals surface area contributed by atoms with Crippen molar-refractivity contribution in [2.45, 2.75) is 215 Å². The van der Waals surface area contributed by atoms with Gasteiger partial charge in [0.2, 0.25) is 0 Å². The van der Waals surface area contributed by atoms with Gasteiger partial charge in [0.05, 0.1) is 46.2 Å². The molecule has 7 aliphatic heterocycles. The predicted octanol–water partition coefficient (Wildman–Crippen LogP) is -16.3. The molecule has 7 heterocycles. The van der Waals surface area contributed by atoms with Crippen LogP contribution in [0, 0.1) is 0 Å². The maximum Gasteiger partial charge on any atom is 0.187 e. The minimum atomic E-state index is -2.34. The van der Waals surface area contributed by atoms with E-state index >= 15 is 0 Å². The Balaban J connectivity index is 1.20. The van der Waals surface area contributed by atoms with Gasteiger partial charge in [0, 0.05) is 0 Å². The summed E-state index contributed by atoms with van der Waals surface area (Å²) in [4.78, 5) is 0. The summed E-state index contributed by atoms with van der Waals surface area (Å²) in [5.41, 5.74) is 0. The van der Waals surface area contributed by atoms with Crippen molar-refractivity contribution in [3.05, 3.63) is 0 Å². The van der Waals surface area contributed by atoms with E-state index in [9.17, 15) is 117 Å². The molecule has 0 amide bonds. The number of aliphatic hydroxyl groups is 23. The van der Waals surface area contributed by atoms with E-state index in [0.29, 0.717) is 0 Å². The van der Waals surface area contributed by atoms with E-state index in [1.807, 2.05) is 0 Å². The molecule has 23 N–H and O–H groups in total. The van der Waals surface area contributed by atoms with Crippen molar-refractivity contribution >= 4 is 0 Å². The molecule has 456 valence electrons. The van der Waals surface area contributed by atoms with Crippen LogP contribution < -0.4 is 0 Å². The summed E-state index contributed by atoms with van der Waals surface area (Å²) in [5, 5.41) is 246. The zero-order valence-electron chi connectivity index (χ0n) is 40.8. The number of ether oxygens (including phenoxy) is 13. The lowest BCUT2D eigenvalue weighted by Crippen LogP contribution is -2.69. The second kappa shape index (κ2) is 27.5. The minimum absolute atomic E-state index is 0.890. The van der Waals surface area contributed by atoms with Gasteiger partial charge >= 0.3 is 0 Å². The summed E-state index contributed by atoms with van der Waals surface area (Å²) in [5.74, 6) is 0. The van der Waals surface area contributed by atoms with E-state index in [1.54, 1.807) is 0 Å². The van der Waals surface area contributed by atoms with Gasteiger partial charge in [0.25, 0.3) is 0 Å². The lowest BCUT2D eigenvalue weighted by atomic mass is 9.95. The molecule has 0 unspecified atom stereocenters. The fourth-order valence-electron chi connectivity index (χ4n) is 9.88. The highest BCUT2D eigenvalue weighted by Gasteiger charge is 2.59. The van der Waals surface area contributed by atoms with Gasteiger partial charge in [-0.05, 0) is 0 Å². The lowest BCUT2D eigenvalue weighted by molar-refractivity contribution is -0.420. The topological polar surface area (TPSA) is 585 Å². The third-order valence-corrected chi connectivity index (χ3v) is 14.6. The number of aliphatic hydroxyl groups excluding tert-OH is 23. The summed E-state index contributed by atoms with van der Waals surface area (Å²) in [6, 6.07) is 0. The molecule has 78 heavy (non-hydrogen) atoms. The molecular formula is C42H72O36. The minimum Gasteiger partial charge on any atom is -0.394 e. The molecule has 7 aliphatic rings. The molecule has 7 saturated heterocycles. The van der Waals surface area contributed by atoms with Crippen LogP contribution in [0.5, 0.6) is 0 Å². The van der Waals surface area contributed by atoms with E-state index < -0.39 is 261 Å². The molecular weight excluding hydrogens is 1080 g/mol. The second-order valence-corrected chi connectivity index (χ2v) is 19.6. The Hall–Kier alpha value is -1.44. The molecule has 0 aromatic carbocycles. The number of hydrogen-bond acceptors (Lipinski definition) is 36. The van der Waals surface area contributed by atoms with Gasteiger partial charge in [-0.3, -0.25) is 0 Å². The van der Waals surface area contributed by atoms with Crippen LogP contribution in [-0.4, -0.2) is 379 Å². The molecule has 35 atom stereocenters. The van der Waals surface area contributed by atoms with Crippen LogP contribution in [0.1, 0.15) is 0 Å². The van der Waals surface area contributed by atoms with Crippen molar-refractivity contribution in [3.8, 4) is 0 Å². The van der Waals surface area contributed by atoms with Crippen LogP contribution in [0.4, 0.5) is 0 Å². The zero-order valence-corrected chi connectivity index (χ0v) is 40.8. The molecule has 0 radical (unpaired) electrons. The Bertz CT molecular complexity index is 1820. The summed E-state index contributed by atoms with van der Waals surface area (Å²) >= 11 is 0. The Morgan fingerprint density at radius 3 is 0.615 bits per heavy atom. The quantitative estimate of drug-likeness (QED) is 0.0571. The molecule has 36 nitrogen and oxygen atoms in total. The van der Waals surface area contributed by atoms with Gasteiger partial charge in [-0.1, -0.05) is 0 Å². The second-order valence-electron chi connectivity index (χ2n) is 19.6. The Labute approximate surface area is 439 Å². The highest BCUT2D eigenvalue weighted by Crippen LogP contribution is 2.39. The maximum atomic E-state index is 11.7. The normalized spacial score (nSPS) is 53.5. The summed E-state index contributed by atoms with van der Waals surface area (Å²) in [6.45, 7) is -7.18. The van der Waals surface area contributed by atoms with Crippen LogP contribution in [0.25, 0.3) is 0 Å². The van der Waals surface area contributed by atoms with Gasteiger partial charge in [-0.2, -0.15) is 0 Å². The standard InChI is InChI=1S/C42H72O36/c43-1-8-16(51)23(58)30(36(65)66-8)73-38-32(25(60)18(53)10(3-45)68-38)75-40-34(27(62)20(55)12(5-47)70-40)77-42-35(28(63)21(56)14(7-49)72-42)78-41-33(26(61)19(54)13(6-48)71-41)76-39-31(24(59)17(52)11(4-46)69-39)74-37-29(64)22(57)15(50)9(2-44)67-37/h8-65H,1-7H2/t8-,9-,10-,11-,12-,13-,14-,15-,16-,17-,18-,19-,20-,21-,22+,23+,24+,25+,26+,27+,28+,29+,30+,31+,32+,33+,34+,35+,36-,37-,38-,39+,40+,41+,42+/m1/s1. The van der Waals surface area contributed by atoms with Crippen molar-refractivity contribution in [2.24, 2.45) is 0 Å². The van der Waals surface area contributed by atoms with Crippen LogP contribution in [0.3, 0.4) is 0 Å². The van der Waals surface area contributed by atoms with Crippen LogP contribution in [0.2, 0.25) is 0 Å². The van der Waals surface area contributed by atoms with E-state index in [0.717, 1.165) is 0 Å². The molecule has 0 saturated carbocycles. The zero-order chi connectivity index (χ0) is 57.3. The molecule has 0 aromatic rings. The number of rotatable bonds is 19. The molecule has 0 aromatic heterocycles. The SMILES string of the molecule is OC[C@H]1O[C@H](O[C@@H]2[C@H](O[C@@H]3[C@H](O[C@@H]4[C@H](O[C@@H]5[C@H](O[C@@H]6[C@@H](O[C@H]7[C@@H](O)[C@H](O)[C@@H](CO)O[C@H]7O)O[C@H](CO)[C@@H](O)[C@@H]6O)O[C@H](CO)[C@@H](O)[C@@H]5O)O[C@H](CO)[C@@H](O)[C@@H]4O)O[C@H](CO)[C@@H](O)[C@@H]3O)O[C@H](CO)[C@@H](O)[C@@H]2O)[C@@H](O)[C@@H](O)[C@@H]1O. The van der Waals surface area contributed by atoms with E-state index in [1.165, 1.54) is 0 Å². The first kappa shape index (κ1) is 64.1. The van der Waals surface area contributed by atoms with Crippen LogP contribution >= 0.6 is 0 Å². The van der Waals surface area contributed by atoms with E-state index in [-0.39, 0.29) is 0 Å². The third-order valence-electron chi connectivity index (χ3n) is 14.6. The van der Waals surface area contributed by atoms with Crippen LogP contribution in [0.15, 0.2) is 0 Å². The lowest BCUT2D eigenvalue weighted by Gasteiger charge is -2.51. The predicted molar refractivity (Wildman–Crippen MR) is 232 cm³/mol. The average Bonchev–Trinajstić information content (AvgIpc) is 3.43. The average molecular weight is 1150 g/mol. The molecule has 0 aliphatic carbocycles. The van der Waals surface area contributed by atoms with Gasteiger partial charge in [-0.25, -0.2) is 0 Å². The molecule has 7 fully saturated rings. The van der Waals surface area contributed by atoms with Gasteiger partial charge in [0.1, 0.15) is 171 Å². The maximum absolute atomic E-state index is 11.7. The molecule has 0 spiro atoms. The summed E-state index contributed by atoms with van der Waals surface area (Å²) < 4.78 is 74.3. The van der Waals surface area contributed by atoms with Crippen molar-refractivity contribution in [2.75, 3.05) is 46.2 Å². The smallest absolute Gasteiger partial charge is 0.187 e. The molecule has 36 heteroatoms. The Morgan fingerprint density at radius 2 is 0.372 bits per heavy atom. The van der Waals surface area contributed by atoms with Crippen LogP contribution in [-0.2, 0) is 61.6 Å². The van der Waals surface area contributed by atoms with Gasteiger partial charge in [-0.15, -0.1) is 0 Å². The first-order valence-electron chi connectivity index (χ1n) is 24.7. The van der Waals surface area contributed by atoms with Gasteiger partial charge < -0.3 is 179 Å². The highest BCUT2D eigenvalue weighted by molar-refractivity contribution is 5.01. The highest BCUT2D eigenvalue weighted by atomic mass is 16.8. The number of hydrogen-bond donors (Lipinski definition) is 23. The third kappa shape index (κ3) is 12.9. The summed E-state index contributed by atoms with van der Waals surface area (Å²) in [7, 11) is 0. The van der Waals surface area contributed by atoms with Crippen molar-refractivity contribution in [1.82, 2.24) is 0 Å². The fourth-order valence-corrected chi connectivity index (χ4v) is 9.88. The molecule has 0 bridgehead atoms. The largest absolute Gasteiger partial charge is 0.394 e. The van der Waals surface area contributed by atoms with E-state index in [4.69, 9.17) is 61.6 Å². The Morgan fingerprint density at radius 1 is 0.192 bits per heavy atom. The van der Waals surface area contributed by atoms with Crippen molar-refractivity contribution in [3.63, 3.8) is 0 Å². The van der Waals surface area contributed by atoms with Crippen molar-refractivity contribution in [1.29, 1.82) is 0 Å². The van der Waals surface area contributed by atoms with Gasteiger partial charge in [0.15, 0.2) is 44.0 Å². The van der Waals surface area contributed by atoms with E-state index in [2.05, 4.69) is 0 Å². The first-order chi connectivity index (χ1) is 37.0. The monoisotopic (exact) mass is 1150 g/mol. The first-order valence-corrected chi connectivity index (χ1v) is 24.7. The molecule has 7 rings (SSSR count). The van der Waals surface area contributed by atoms with Crippen molar-refractivity contribution < 1.29 is 179 Å².